The minimum absolute atomic E-state index is 0.0703. The molecule has 28 heavy (non-hydrogen) atoms. The number of quaternary nitrogens is 1. The van der Waals surface area contributed by atoms with E-state index in [2.05, 4.69) is 5.32 Å². The van der Waals surface area contributed by atoms with E-state index in [9.17, 15) is 18.5 Å². The first-order valence-electron chi connectivity index (χ1n) is 8.82. The van der Waals surface area contributed by atoms with Crippen LogP contribution in [0.25, 0.3) is 0 Å². The molecule has 1 heterocycles. The number of anilines is 2. The van der Waals surface area contributed by atoms with Gasteiger partial charge in [-0.2, -0.15) is 4.31 Å². The van der Waals surface area contributed by atoms with Crippen LogP contribution in [0.3, 0.4) is 0 Å². The van der Waals surface area contributed by atoms with Gasteiger partial charge >= 0.3 is 0 Å². The lowest BCUT2D eigenvalue weighted by atomic mass is 10.2. The fourth-order valence-corrected chi connectivity index (χ4v) is 4.48. The van der Waals surface area contributed by atoms with Gasteiger partial charge in [0.25, 0.3) is 5.69 Å². The van der Waals surface area contributed by atoms with Gasteiger partial charge in [0.2, 0.25) is 10.0 Å². The van der Waals surface area contributed by atoms with Gasteiger partial charge in [0.05, 0.1) is 50.2 Å². The summed E-state index contributed by atoms with van der Waals surface area (Å²) in [5.41, 5.74) is 0.551. The maximum Gasteiger partial charge on any atom is 0.294 e. The van der Waals surface area contributed by atoms with Crippen molar-refractivity contribution in [3.63, 3.8) is 0 Å². The van der Waals surface area contributed by atoms with Crippen LogP contribution in [0.4, 0.5) is 17.1 Å². The van der Waals surface area contributed by atoms with E-state index >= 15 is 0 Å². The number of ether oxygens (including phenoxy) is 1. The van der Waals surface area contributed by atoms with Gasteiger partial charge in [0.15, 0.2) is 0 Å². The lowest BCUT2D eigenvalue weighted by Gasteiger charge is -2.29. The van der Waals surface area contributed by atoms with E-state index < -0.39 is 14.9 Å². The summed E-state index contributed by atoms with van der Waals surface area (Å²) >= 11 is 0. The molecule has 0 aliphatic carbocycles. The Bertz CT molecular complexity index is 954. The minimum Gasteiger partial charge on any atom is -0.497 e. The van der Waals surface area contributed by atoms with Crippen LogP contribution in [-0.2, 0) is 10.0 Å². The topological polar surface area (TPSA) is 106 Å². The van der Waals surface area contributed by atoms with Crippen LogP contribution in [0.2, 0.25) is 0 Å². The van der Waals surface area contributed by atoms with Crippen molar-refractivity contribution in [1.82, 2.24) is 4.31 Å². The van der Waals surface area contributed by atoms with E-state index in [0.29, 0.717) is 37.6 Å². The third kappa shape index (κ3) is 4.24. The van der Waals surface area contributed by atoms with E-state index in [1.165, 1.54) is 21.3 Å². The summed E-state index contributed by atoms with van der Waals surface area (Å²) in [7, 11) is -0.211. The van der Waals surface area contributed by atoms with E-state index in [1.807, 2.05) is 7.05 Å². The van der Waals surface area contributed by atoms with Gasteiger partial charge in [-0.3, -0.25) is 10.1 Å². The smallest absolute Gasteiger partial charge is 0.294 e. The van der Waals surface area contributed by atoms with E-state index in [4.69, 9.17) is 4.74 Å². The summed E-state index contributed by atoms with van der Waals surface area (Å²) in [6.45, 7) is 2.21. The van der Waals surface area contributed by atoms with Gasteiger partial charge < -0.3 is 15.0 Å². The second-order valence-electron chi connectivity index (χ2n) is 6.65. The van der Waals surface area contributed by atoms with Crippen LogP contribution in [-0.4, -0.2) is 58.0 Å². The number of hydrogen-bond donors (Lipinski definition) is 2. The van der Waals surface area contributed by atoms with Crippen molar-refractivity contribution in [1.29, 1.82) is 0 Å². The number of piperazine rings is 1. The van der Waals surface area contributed by atoms with E-state index in [0.717, 1.165) is 6.07 Å². The van der Waals surface area contributed by atoms with Crippen molar-refractivity contribution in [2.24, 2.45) is 0 Å². The Kier molecular flexibility index (Phi) is 5.82. The molecule has 1 aliphatic heterocycles. The van der Waals surface area contributed by atoms with Crippen LogP contribution in [0.15, 0.2) is 47.4 Å². The molecule has 1 aliphatic rings. The summed E-state index contributed by atoms with van der Waals surface area (Å²) in [5.74, 6) is 0.663. The van der Waals surface area contributed by atoms with Gasteiger partial charge in [0.1, 0.15) is 11.4 Å². The molecule has 1 fully saturated rings. The molecular weight excluding hydrogens is 384 g/mol. The largest absolute Gasteiger partial charge is 0.497 e. The van der Waals surface area contributed by atoms with Gasteiger partial charge in [-0.25, -0.2) is 8.42 Å². The minimum atomic E-state index is -3.77. The molecule has 0 aromatic heterocycles. The molecule has 2 aromatic rings. The molecule has 2 N–H and O–H groups in total. The maximum absolute atomic E-state index is 12.9. The maximum atomic E-state index is 12.9. The Labute approximate surface area is 163 Å². The Morgan fingerprint density at radius 2 is 1.79 bits per heavy atom. The van der Waals surface area contributed by atoms with Crippen LogP contribution in [0.1, 0.15) is 0 Å². The van der Waals surface area contributed by atoms with Gasteiger partial charge in [-0.1, -0.05) is 0 Å². The summed E-state index contributed by atoms with van der Waals surface area (Å²) in [6.07, 6.45) is 0. The van der Waals surface area contributed by atoms with Crippen LogP contribution in [0, 0.1) is 10.1 Å². The molecule has 0 spiro atoms. The predicted molar refractivity (Wildman–Crippen MR) is 105 cm³/mol. The number of nitrogens with one attached hydrogen (secondary N) is 2. The molecule has 0 unspecified atom stereocenters. The Balaban J connectivity index is 1.89. The van der Waals surface area contributed by atoms with Crippen LogP contribution in [0.5, 0.6) is 5.75 Å². The summed E-state index contributed by atoms with van der Waals surface area (Å²) < 4.78 is 32.2. The molecule has 0 atom stereocenters. The second-order valence-corrected chi connectivity index (χ2v) is 8.59. The fourth-order valence-electron chi connectivity index (χ4n) is 3.02. The highest BCUT2D eigenvalue weighted by Gasteiger charge is 2.31. The zero-order chi connectivity index (χ0) is 20.3. The number of likely N-dealkylation sites (N-methyl/N-ethyl adjacent to an activating group) is 1. The molecule has 3 rings (SSSR count). The Morgan fingerprint density at radius 1 is 1.14 bits per heavy atom. The van der Waals surface area contributed by atoms with Crippen molar-refractivity contribution >= 4 is 27.1 Å². The van der Waals surface area contributed by atoms with E-state index in [1.54, 1.807) is 31.4 Å². The quantitative estimate of drug-likeness (QED) is 0.544. The summed E-state index contributed by atoms with van der Waals surface area (Å²) in [6, 6.07) is 10.8. The van der Waals surface area contributed by atoms with E-state index in [-0.39, 0.29) is 16.3 Å². The molecule has 150 valence electrons. The number of rotatable bonds is 6. The van der Waals surface area contributed by atoms with Crippen LogP contribution >= 0.6 is 0 Å². The molecule has 2 aromatic carbocycles. The zero-order valence-electron chi connectivity index (χ0n) is 15.7. The molecule has 10 heteroatoms. The number of nitro benzene ring substituents is 1. The standard InChI is InChI=1S/C18H22N4O5S/c1-20-9-11-21(12-10-20)28(25,26)16-7-8-17(18(13-16)22(23)24)19-14-3-5-15(27-2)6-4-14/h3-8,13,19H,9-12H2,1-2H3/p+1. The van der Waals surface area contributed by atoms with Crippen molar-refractivity contribution in [3.8, 4) is 5.75 Å². The van der Waals surface area contributed by atoms with Crippen molar-refractivity contribution in [3.05, 3.63) is 52.6 Å². The van der Waals surface area contributed by atoms with Crippen molar-refractivity contribution in [2.45, 2.75) is 4.90 Å². The number of hydrogen-bond acceptors (Lipinski definition) is 6. The normalized spacial score (nSPS) is 15.9. The number of methoxy groups -OCH3 is 1. The molecule has 0 saturated carbocycles. The average Bonchev–Trinajstić information content (AvgIpc) is 2.69. The first-order chi connectivity index (χ1) is 13.3. The third-order valence-corrected chi connectivity index (χ3v) is 6.64. The number of nitro groups is 1. The highest BCUT2D eigenvalue weighted by Crippen LogP contribution is 2.31. The molecule has 0 bridgehead atoms. The number of nitrogens with zero attached hydrogens (tertiary/aromatic N) is 2. The molecule has 1 saturated heterocycles. The number of benzene rings is 2. The predicted octanol–water partition coefficient (Wildman–Crippen LogP) is 0.866. The molecule has 0 amide bonds. The second kappa shape index (κ2) is 8.13. The monoisotopic (exact) mass is 407 g/mol. The summed E-state index contributed by atoms with van der Waals surface area (Å²) in [5, 5.41) is 14.5. The van der Waals surface area contributed by atoms with Gasteiger partial charge in [-0.15, -0.1) is 0 Å². The first-order valence-corrected chi connectivity index (χ1v) is 10.3. The lowest BCUT2D eigenvalue weighted by molar-refractivity contribution is -0.883. The summed E-state index contributed by atoms with van der Waals surface area (Å²) in [4.78, 5) is 12.2. The molecular formula is C18H23N4O5S+. The molecule has 0 radical (unpaired) electrons. The van der Waals surface area contributed by atoms with Crippen molar-refractivity contribution < 1.29 is 23.0 Å². The average molecular weight is 407 g/mol. The SMILES string of the molecule is COc1ccc(Nc2ccc(S(=O)(=O)N3CC[NH+](C)CC3)cc2[N+](=O)[O-])cc1. The Morgan fingerprint density at radius 3 is 2.36 bits per heavy atom. The van der Waals surface area contributed by atoms with Gasteiger partial charge in [0, 0.05) is 11.8 Å². The zero-order valence-corrected chi connectivity index (χ0v) is 16.5. The highest BCUT2D eigenvalue weighted by molar-refractivity contribution is 7.89. The Hall–Kier alpha value is -2.69. The third-order valence-electron chi connectivity index (χ3n) is 4.75. The first kappa shape index (κ1) is 20.1. The van der Waals surface area contributed by atoms with Gasteiger partial charge in [-0.05, 0) is 36.4 Å². The van der Waals surface area contributed by atoms with Crippen molar-refractivity contribution in [2.75, 3.05) is 45.7 Å². The highest BCUT2D eigenvalue weighted by atomic mass is 32.2. The molecule has 9 nitrogen and oxygen atoms in total. The fraction of sp³-hybridized carbons (Fsp3) is 0.333. The van der Waals surface area contributed by atoms with Crippen LogP contribution < -0.4 is 15.0 Å². The lowest BCUT2D eigenvalue weighted by Crippen LogP contribution is -3.12. The number of sulfonamides is 1.